The fraction of sp³-hybridized carbons (Fsp3) is 0.375. The van der Waals surface area contributed by atoms with Gasteiger partial charge in [-0.25, -0.2) is 9.97 Å². The van der Waals surface area contributed by atoms with Gasteiger partial charge in [-0.15, -0.1) is 5.10 Å². The van der Waals surface area contributed by atoms with Gasteiger partial charge in [-0.2, -0.15) is 5.10 Å². The summed E-state index contributed by atoms with van der Waals surface area (Å²) in [5.41, 5.74) is 4.93. The Morgan fingerprint density at radius 1 is 1.12 bits per heavy atom. The number of nitrogens with one attached hydrogen (secondary N) is 1. The first-order valence-electron chi connectivity index (χ1n) is 11.2. The predicted molar refractivity (Wildman–Crippen MR) is 122 cm³/mol. The first-order chi connectivity index (χ1) is 15.6. The Morgan fingerprint density at radius 3 is 2.75 bits per heavy atom. The molecule has 1 N–H and O–H groups in total. The van der Waals surface area contributed by atoms with E-state index in [1.165, 1.54) is 18.5 Å². The minimum atomic E-state index is -0.0178. The third-order valence-corrected chi connectivity index (χ3v) is 5.96. The van der Waals surface area contributed by atoms with Crippen LogP contribution in [-0.4, -0.2) is 35.0 Å². The molecule has 3 aromatic heterocycles. The van der Waals surface area contributed by atoms with Crippen molar-refractivity contribution in [2.75, 3.05) is 5.32 Å². The summed E-state index contributed by atoms with van der Waals surface area (Å²) in [6, 6.07) is 7.78. The lowest BCUT2D eigenvalue weighted by atomic mass is 10.0. The molecular weight excluding hydrogens is 402 g/mol. The first-order valence-corrected chi connectivity index (χ1v) is 11.2. The van der Waals surface area contributed by atoms with Crippen LogP contribution in [0, 0.1) is 0 Å². The minimum Gasteiger partial charge on any atom is -0.334 e. The summed E-state index contributed by atoms with van der Waals surface area (Å²) in [7, 11) is 0. The number of carbonyl (C=O) groups is 1. The van der Waals surface area contributed by atoms with E-state index < -0.39 is 0 Å². The maximum absolute atomic E-state index is 12.4. The van der Waals surface area contributed by atoms with E-state index in [1.807, 2.05) is 41.2 Å². The summed E-state index contributed by atoms with van der Waals surface area (Å²) >= 11 is 0. The summed E-state index contributed by atoms with van der Waals surface area (Å²) < 4.78 is 4.12. The van der Waals surface area contributed by atoms with Crippen LogP contribution in [0.15, 0.2) is 42.9 Å². The largest absolute Gasteiger partial charge is 0.334 e. The van der Waals surface area contributed by atoms with Gasteiger partial charge in [-0.05, 0) is 37.8 Å². The highest BCUT2D eigenvalue weighted by atomic mass is 16.1. The second-order valence-corrected chi connectivity index (χ2v) is 8.61. The van der Waals surface area contributed by atoms with Crippen LogP contribution in [0.3, 0.4) is 0 Å². The van der Waals surface area contributed by atoms with Crippen LogP contribution in [0.25, 0.3) is 17.0 Å². The molecule has 1 aromatic carbocycles. The molecule has 32 heavy (non-hydrogen) atoms. The number of aromatic nitrogens is 6. The standard InChI is InChI=1S/C24H27N7O/c1-16(2)23-25-12-14-30(23)13-11-22(32)26-18-9-7-17(8-10-18)20-15-31-21-6-4-3-5-19(21)28-29-24(31)27-20/h7-10,12,14-16H,3-6,11,13H2,1-2H3,(H,26,32). The van der Waals surface area contributed by atoms with Gasteiger partial charge in [0, 0.05) is 54.4 Å². The van der Waals surface area contributed by atoms with Gasteiger partial charge >= 0.3 is 0 Å². The molecule has 0 fully saturated rings. The van der Waals surface area contributed by atoms with Crippen molar-refractivity contribution in [1.82, 2.24) is 29.1 Å². The highest BCUT2D eigenvalue weighted by Crippen LogP contribution is 2.24. The number of fused-ring (bicyclic) bond motifs is 3. The van der Waals surface area contributed by atoms with E-state index in [-0.39, 0.29) is 5.91 Å². The highest BCUT2D eigenvalue weighted by molar-refractivity contribution is 5.90. The molecule has 164 valence electrons. The molecule has 0 saturated heterocycles. The molecular formula is C24H27N7O. The highest BCUT2D eigenvalue weighted by Gasteiger charge is 2.17. The van der Waals surface area contributed by atoms with Gasteiger partial charge < -0.3 is 9.88 Å². The average Bonchev–Trinajstić information content (AvgIpc) is 3.45. The molecule has 1 aliphatic carbocycles. The lowest BCUT2D eigenvalue weighted by Crippen LogP contribution is -2.15. The summed E-state index contributed by atoms with van der Waals surface area (Å²) in [5.74, 6) is 1.95. The van der Waals surface area contributed by atoms with Crippen molar-refractivity contribution in [3.63, 3.8) is 0 Å². The maximum Gasteiger partial charge on any atom is 0.254 e. The normalized spacial score (nSPS) is 13.5. The molecule has 0 bridgehead atoms. The van der Waals surface area contributed by atoms with Crippen molar-refractivity contribution >= 4 is 17.4 Å². The van der Waals surface area contributed by atoms with E-state index in [1.54, 1.807) is 6.20 Å². The number of amides is 1. The second kappa shape index (κ2) is 8.53. The van der Waals surface area contributed by atoms with Gasteiger partial charge in [-0.1, -0.05) is 26.0 Å². The molecule has 0 unspecified atom stereocenters. The lowest BCUT2D eigenvalue weighted by Gasteiger charge is -2.14. The summed E-state index contributed by atoms with van der Waals surface area (Å²) in [5, 5.41) is 11.6. The number of hydrogen-bond donors (Lipinski definition) is 1. The monoisotopic (exact) mass is 429 g/mol. The Kier molecular flexibility index (Phi) is 5.43. The zero-order chi connectivity index (χ0) is 22.1. The van der Waals surface area contributed by atoms with Gasteiger partial charge in [-0.3, -0.25) is 9.20 Å². The average molecular weight is 430 g/mol. The first kappa shape index (κ1) is 20.4. The van der Waals surface area contributed by atoms with Crippen LogP contribution in [-0.2, 0) is 24.2 Å². The predicted octanol–water partition coefficient (Wildman–Crippen LogP) is 4.02. The smallest absolute Gasteiger partial charge is 0.254 e. The Hall–Kier alpha value is -3.55. The van der Waals surface area contributed by atoms with E-state index in [4.69, 9.17) is 0 Å². The number of imidazole rings is 2. The molecule has 8 heteroatoms. The van der Waals surface area contributed by atoms with Gasteiger partial charge in [0.25, 0.3) is 5.78 Å². The summed E-state index contributed by atoms with van der Waals surface area (Å²) in [4.78, 5) is 21.4. The number of nitrogens with zero attached hydrogens (tertiary/aromatic N) is 6. The van der Waals surface area contributed by atoms with Crippen LogP contribution in [0.2, 0.25) is 0 Å². The van der Waals surface area contributed by atoms with E-state index >= 15 is 0 Å². The lowest BCUT2D eigenvalue weighted by molar-refractivity contribution is -0.116. The fourth-order valence-corrected chi connectivity index (χ4v) is 4.30. The van der Waals surface area contributed by atoms with Crippen LogP contribution < -0.4 is 5.32 Å². The number of aryl methyl sites for hydroxylation is 3. The fourth-order valence-electron chi connectivity index (χ4n) is 4.30. The molecule has 1 amide bonds. The third kappa shape index (κ3) is 4.00. The SMILES string of the molecule is CC(C)c1nccn1CCC(=O)Nc1ccc(-c2cn3c4c(nnc3n2)CCCC4)cc1. The van der Waals surface area contributed by atoms with Crippen molar-refractivity contribution in [3.8, 4) is 11.3 Å². The topological polar surface area (TPSA) is 90.0 Å². The summed E-state index contributed by atoms with van der Waals surface area (Å²) in [6.07, 6.45) is 10.5. The van der Waals surface area contributed by atoms with Crippen LogP contribution in [0.1, 0.15) is 56.2 Å². The summed E-state index contributed by atoms with van der Waals surface area (Å²) in [6.45, 7) is 4.82. The Morgan fingerprint density at radius 2 is 1.94 bits per heavy atom. The third-order valence-electron chi connectivity index (χ3n) is 5.96. The van der Waals surface area contributed by atoms with E-state index in [0.29, 0.717) is 24.7 Å². The van der Waals surface area contributed by atoms with E-state index in [9.17, 15) is 4.79 Å². The molecule has 3 heterocycles. The van der Waals surface area contributed by atoms with Crippen molar-refractivity contribution in [2.45, 2.75) is 58.4 Å². The van der Waals surface area contributed by atoms with Crippen LogP contribution >= 0.6 is 0 Å². The number of carbonyl (C=O) groups excluding carboxylic acids is 1. The van der Waals surface area contributed by atoms with Crippen LogP contribution in [0.5, 0.6) is 0 Å². The van der Waals surface area contributed by atoms with Crippen molar-refractivity contribution < 1.29 is 4.79 Å². The molecule has 4 aromatic rings. The molecule has 0 aliphatic heterocycles. The van der Waals surface area contributed by atoms with Crippen LogP contribution in [0.4, 0.5) is 5.69 Å². The molecule has 8 nitrogen and oxygen atoms in total. The quantitative estimate of drug-likeness (QED) is 0.500. The van der Waals surface area contributed by atoms with E-state index in [2.05, 4.69) is 43.7 Å². The molecule has 0 spiro atoms. The Labute approximate surface area is 186 Å². The van der Waals surface area contributed by atoms with Gasteiger partial charge in [0.2, 0.25) is 5.91 Å². The Bertz CT molecular complexity index is 1250. The zero-order valence-corrected chi connectivity index (χ0v) is 18.5. The van der Waals surface area contributed by atoms with Crippen molar-refractivity contribution in [2.24, 2.45) is 0 Å². The Balaban J connectivity index is 1.26. The van der Waals surface area contributed by atoms with Crippen molar-refractivity contribution in [3.05, 3.63) is 60.1 Å². The maximum atomic E-state index is 12.4. The minimum absolute atomic E-state index is 0.0178. The number of hydrogen-bond acceptors (Lipinski definition) is 5. The van der Waals surface area contributed by atoms with Gasteiger partial charge in [0.05, 0.1) is 11.4 Å². The molecule has 1 aliphatic rings. The van der Waals surface area contributed by atoms with Gasteiger partial charge in [0.1, 0.15) is 5.82 Å². The zero-order valence-electron chi connectivity index (χ0n) is 18.5. The van der Waals surface area contributed by atoms with Gasteiger partial charge in [0.15, 0.2) is 0 Å². The molecule has 0 atom stereocenters. The number of benzene rings is 1. The second-order valence-electron chi connectivity index (χ2n) is 8.61. The van der Waals surface area contributed by atoms with Crippen molar-refractivity contribution in [1.29, 1.82) is 0 Å². The number of rotatable bonds is 6. The molecule has 0 saturated carbocycles. The number of anilines is 1. The molecule has 5 rings (SSSR count). The van der Waals surface area contributed by atoms with E-state index in [0.717, 1.165) is 41.3 Å². The molecule has 0 radical (unpaired) electrons.